The Bertz CT molecular complexity index is 1490. The van der Waals surface area contributed by atoms with E-state index in [2.05, 4.69) is 87.1 Å². The zero-order valence-corrected chi connectivity index (χ0v) is 17.7. The van der Waals surface area contributed by atoms with Crippen LogP contribution in [0.3, 0.4) is 0 Å². The number of benzene rings is 2. The molecule has 0 saturated heterocycles. The minimum absolute atomic E-state index is 0.0866. The van der Waals surface area contributed by atoms with Crippen LogP contribution in [-0.2, 0) is 12.5 Å². The van der Waals surface area contributed by atoms with Crippen LogP contribution in [0.1, 0.15) is 30.5 Å². The third-order valence-electron chi connectivity index (χ3n) is 6.72. The summed E-state index contributed by atoms with van der Waals surface area (Å²) in [6, 6.07) is 19.4. The first-order valence-corrected chi connectivity index (χ1v) is 10.4. The summed E-state index contributed by atoms with van der Waals surface area (Å²) in [5.41, 5.74) is 10.0. The van der Waals surface area contributed by atoms with Crippen LogP contribution in [0.4, 0.5) is 0 Å². The van der Waals surface area contributed by atoms with E-state index in [1.165, 1.54) is 16.7 Å². The van der Waals surface area contributed by atoms with Crippen molar-refractivity contribution in [2.75, 3.05) is 0 Å². The average molecular weight is 391 g/mol. The molecule has 1 aliphatic rings. The van der Waals surface area contributed by atoms with Gasteiger partial charge >= 0.3 is 0 Å². The van der Waals surface area contributed by atoms with Crippen LogP contribution in [0.25, 0.3) is 44.5 Å². The summed E-state index contributed by atoms with van der Waals surface area (Å²) in [5.74, 6) is 0. The van der Waals surface area contributed by atoms with E-state index in [9.17, 15) is 0 Å². The predicted molar refractivity (Wildman–Crippen MR) is 120 cm³/mol. The Labute approximate surface area is 175 Å². The van der Waals surface area contributed by atoms with E-state index in [-0.39, 0.29) is 5.41 Å². The van der Waals surface area contributed by atoms with Crippen molar-refractivity contribution in [2.45, 2.75) is 26.2 Å². The smallest absolute Gasteiger partial charge is 0.216 e. The van der Waals surface area contributed by atoms with Crippen LogP contribution < -0.4 is 4.57 Å². The average Bonchev–Trinajstić information content (AvgIpc) is 3.22. The highest BCUT2D eigenvalue weighted by atomic mass is 16.3. The maximum atomic E-state index is 6.71. The van der Waals surface area contributed by atoms with Gasteiger partial charge in [0.15, 0.2) is 6.20 Å². The summed E-state index contributed by atoms with van der Waals surface area (Å²) in [6.07, 6.45) is 3.96. The Hall–Kier alpha value is -3.46. The number of fused-ring (bicyclic) bond motifs is 7. The lowest BCUT2D eigenvalue weighted by Gasteiger charge is -2.20. The molecular weight excluding hydrogens is 368 g/mol. The van der Waals surface area contributed by atoms with Gasteiger partial charge in [0, 0.05) is 40.1 Å². The number of furan rings is 1. The van der Waals surface area contributed by atoms with Crippen LogP contribution in [0.2, 0.25) is 0 Å². The molecule has 0 spiro atoms. The highest BCUT2D eigenvalue weighted by Crippen LogP contribution is 2.52. The number of aromatic nitrogens is 2. The molecule has 0 bridgehead atoms. The molecule has 2 aromatic carbocycles. The van der Waals surface area contributed by atoms with Gasteiger partial charge in [0.25, 0.3) is 0 Å². The topological polar surface area (TPSA) is 29.9 Å². The lowest BCUT2D eigenvalue weighted by atomic mass is 9.82. The molecule has 30 heavy (non-hydrogen) atoms. The van der Waals surface area contributed by atoms with E-state index in [1.54, 1.807) is 0 Å². The largest absolute Gasteiger partial charge is 0.454 e. The number of pyridine rings is 2. The fraction of sp³-hybridized carbons (Fsp3) is 0.185. The molecule has 0 aliphatic heterocycles. The molecule has 3 heterocycles. The predicted octanol–water partition coefficient (Wildman–Crippen LogP) is 6.09. The summed E-state index contributed by atoms with van der Waals surface area (Å²) < 4.78 is 8.87. The Morgan fingerprint density at radius 1 is 0.833 bits per heavy atom. The maximum Gasteiger partial charge on any atom is 0.216 e. The van der Waals surface area contributed by atoms with Crippen molar-refractivity contribution >= 4 is 21.9 Å². The zero-order chi connectivity index (χ0) is 20.6. The fourth-order valence-corrected chi connectivity index (χ4v) is 5.11. The first-order valence-electron chi connectivity index (χ1n) is 10.4. The van der Waals surface area contributed by atoms with Gasteiger partial charge in [-0.2, -0.15) is 0 Å². The first kappa shape index (κ1) is 17.4. The van der Waals surface area contributed by atoms with E-state index >= 15 is 0 Å². The summed E-state index contributed by atoms with van der Waals surface area (Å²) in [6.45, 7) is 6.69. The third-order valence-corrected chi connectivity index (χ3v) is 6.72. The van der Waals surface area contributed by atoms with Gasteiger partial charge in [-0.1, -0.05) is 44.2 Å². The van der Waals surface area contributed by atoms with Crippen LogP contribution in [0.15, 0.2) is 71.4 Å². The lowest BCUT2D eigenvalue weighted by molar-refractivity contribution is -0.660. The second-order valence-corrected chi connectivity index (χ2v) is 8.82. The second kappa shape index (κ2) is 5.79. The van der Waals surface area contributed by atoms with E-state index < -0.39 is 0 Å². The summed E-state index contributed by atoms with van der Waals surface area (Å²) in [4.78, 5) is 4.76. The normalized spacial score (nSPS) is 14.3. The number of nitrogens with zero attached hydrogens (tertiary/aromatic N) is 2. The quantitative estimate of drug-likeness (QED) is 0.324. The van der Waals surface area contributed by atoms with Crippen molar-refractivity contribution in [3.63, 3.8) is 0 Å². The molecule has 3 aromatic heterocycles. The minimum atomic E-state index is -0.0866. The molecule has 0 atom stereocenters. The number of hydrogen-bond acceptors (Lipinski definition) is 2. The Morgan fingerprint density at radius 3 is 2.40 bits per heavy atom. The highest BCUT2D eigenvalue weighted by molar-refractivity contribution is 6.14. The summed E-state index contributed by atoms with van der Waals surface area (Å²) in [7, 11) is 2.08. The van der Waals surface area contributed by atoms with Gasteiger partial charge in [-0.3, -0.25) is 4.98 Å². The fourth-order valence-electron chi connectivity index (χ4n) is 5.11. The van der Waals surface area contributed by atoms with Gasteiger partial charge in [0.1, 0.15) is 18.2 Å². The zero-order valence-electron chi connectivity index (χ0n) is 17.7. The number of rotatable bonds is 1. The SMILES string of the molecule is Cc1ccc2c(oc3c4c(ccc32)C(C)(C)c2cccnc2-4)c1-c1cccc[n+]1C. The highest BCUT2D eigenvalue weighted by Gasteiger charge is 2.38. The molecule has 0 unspecified atom stereocenters. The summed E-state index contributed by atoms with van der Waals surface area (Å²) in [5, 5.41) is 2.30. The third kappa shape index (κ3) is 2.10. The van der Waals surface area contributed by atoms with Crippen LogP contribution in [0, 0.1) is 6.92 Å². The molecular formula is C27H23N2O+. The van der Waals surface area contributed by atoms with Crippen molar-refractivity contribution in [1.82, 2.24) is 4.98 Å². The molecule has 0 N–H and O–H groups in total. The molecule has 146 valence electrons. The van der Waals surface area contributed by atoms with Crippen LogP contribution in [-0.4, -0.2) is 4.98 Å². The number of aryl methyl sites for hydroxylation is 2. The Kier molecular flexibility index (Phi) is 3.36. The van der Waals surface area contributed by atoms with Gasteiger partial charge < -0.3 is 4.42 Å². The standard InChI is InChI=1S/C27H23N2O/c1-16-10-11-17-18-12-13-19-23(24-20(27(19,2)3)8-7-14-28-24)26(18)30-25(17)22(16)21-9-5-6-15-29(21)4/h5-15H,1-4H3/q+1. The van der Waals surface area contributed by atoms with Crippen molar-refractivity contribution in [1.29, 1.82) is 0 Å². The molecule has 0 radical (unpaired) electrons. The van der Waals surface area contributed by atoms with Gasteiger partial charge in [-0.25, -0.2) is 4.57 Å². The molecule has 0 fully saturated rings. The molecule has 0 saturated carbocycles. The summed E-state index contributed by atoms with van der Waals surface area (Å²) >= 11 is 0. The van der Waals surface area contributed by atoms with Gasteiger partial charge in [0.05, 0.1) is 11.3 Å². The molecule has 6 rings (SSSR count). The molecule has 5 aromatic rings. The molecule has 3 heteroatoms. The first-order chi connectivity index (χ1) is 14.5. The van der Waals surface area contributed by atoms with E-state index in [4.69, 9.17) is 9.40 Å². The molecule has 0 amide bonds. The van der Waals surface area contributed by atoms with E-state index in [0.29, 0.717) is 0 Å². The molecule has 1 aliphatic carbocycles. The number of hydrogen-bond donors (Lipinski definition) is 0. The van der Waals surface area contributed by atoms with Gasteiger partial charge in [-0.05, 0) is 35.7 Å². The van der Waals surface area contributed by atoms with E-state index in [0.717, 1.165) is 44.5 Å². The Morgan fingerprint density at radius 2 is 1.60 bits per heavy atom. The van der Waals surface area contributed by atoms with Crippen LogP contribution in [0.5, 0.6) is 0 Å². The van der Waals surface area contributed by atoms with Crippen molar-refractivity contribution in [3.05, 3.63) is 83.7 Å². The minimum Gasteiger partial charge on any atom is -0.454 e. The van der Waals surface area contributed by atoms with E-state index in [1.807, 2.05) is 12.3 Å². The van der Waals surface area contributed by atoms with Crippen molar-refractivity contribution < 1.29 is 8.98 Å². The van der Waals surface area contributed by atoms with Gasteiger partial charge in [-0.15, -0.1) is 0 Å². The van der Waals surface area contributed by atoms with Gasteiger partial charge in [0.2, 0.25) is 5.69 Å². The molecule has 3 nitrogen and oxygen atoms in total. The maximum absolute atomic E-state index is 6.71. The lowest BCUT2D eigenvalue weighted by Crippen LogP contribution is -2.30. The van der Waals surface area contributed by atoms with Crippen LogP contribution >= 0.6 is 0 Å². The Balaban J connectivity index is 1.77. The van der Waals surface area contributed by atoms with Crippen molar-refractivity contribution in [2.24, 2.45) is 7.05 Å². The second-order valence-electron chi connectivity index (χ2n) is 8.82. The monoisotopic (exact) mass is 391 g/mol. The van der Waals surface area contributed by atoms with Crippen molar-refractivity contribution in [3.8, 4) is 22.5 Å².